The minimum absolute atomic E-state index is 0.0929. The first-order valence-electron chi connectivity index (χ1n) is 6.51. The molecule has 7 heteroatoms. The van der Waals surface area contributed by atoms with Crippen molar-refractivity contribution in [3.8, 4) is 17.7 Å². The molecule has 0 aliphatic rings. The summed E-state index contributed by atoms with van der Waals surface area (Å²) in [5, 5.41) is 0. The first-order valence-corrected chi connectivity index (χ1v) is 6.51. The van der Waals surface area contributed by atoms with Crippen molar-refractivity contribution in [2.75, 3.05) is 5.73 Å². The standard InChI is InChI=1S/C14H14N6O/c1-2-10-4-3-5-11(8-10)21-14-18-12(15)17-13(19-14)20-7-6-16-9-20/h3-9H,2H2,1H3,(H2,15,17,18,19). The summed E-state index contributed by atoms with van der Waals surface area (Å²) < 4.78 is 7.30. The Kier molecular flexibility index (Phi) is 3.46. The van der Waals surface area contributed by atoms with Crippen molar-refractivity contribution in [2.24, 2.45) is 0 Å². The Bertz CT molecular complexity index is 741. The van der Waals surface area contributed by atoms with Gasteiger partial charge in [-0.25, -0.2) is 4.98 Å². The van der Waals surface area contributed by atoms with E-state index in [1.807, 2.05) is 24.3 Å². The van der Waals surface area contributed by atoms with Crippen LogP contribution in [0.4, 0.5) is 5.95 Å². The number of nitrogen functional groups attached to an aromatic ring is 1. The molecule has 0 aliphatic carbocycles. The van der Waals surface area contributed by atoms with E-state index in [1.165, 1.54) is 5.56 Å². The van der Waals surface area contributed by atoms with Crippen LogP contribution in [-0.4, -0.2) is 24.5 Å². The summed E-state index contributed by atoms with van der Waals surface area (Å²) in [4.78, 5) is 16.2. The predicted octanol–water partition coefficient (Wildman–Crippen LogP) is 1.99. The molecule has 2 aromatic heterocycles. The zero-order valence-electron chi connectivity index (χ0n) is 11.5. The molecular formula is C14H14N6O. The molecule has 0 aliphatic heterocycles. The second kappa shape index (κ2) is 5.58. The van der Waals surface area contributed by atoms with Gasteiger partial charge >= 0.3 is 6.01 Å². The molecule has 3 rings (SSSR count). The lowest BCUT2D eigenvalue weighted by atomic mass is 10.2. The van der Waals surface area contributed by atoms with Gasteiger partial charge in [-0.1, -0.05) is 19.1 Å². The Balaban J connectivity index is 1.91. The Morgan fingerprint density at radius 1 is 1.24 bits per heavy atom. The van der Waals surface area contributed by atoms with Crippen molar-refractivity contribution in [2.45, 2.75) is 13.3 Å². The van der Waals surface area contributed by atoms with Gasteiger partial charge in [0.1, 0.15) is 12.1 Å². The van der Waals surface area contributed by atoms with Crippen LogP contribution in [0.15, 0.2) is 43.0 Å². The molecule has 0 amide bonds. The van der Waals surface area contributed by atoms with Crippen molar-refractivity contribution in [3.05, 3.63) is 48.5 Å². The van der Waals surface area contributed by atoms with Gasteiger partial charge in [0, 0.05) is 12.4 Å². The zero-order chi connectivity index (χ0) is 14.7. The maximum Gasteiger partial charge on any atom is 0.328 e. The number of anilines is 1. The van der Waals surface area contributed by atoms with Crippen LogP contribution in [0, 0.1) is 0 Å². The van der Waals surface area contributed by atoms with Crippen LogP contribution in [0.3, 0.4) is 0 Å². The topological polar surface area (TPSA) is 91.7 Å². The largest absolute Gasteiger partial charge is 0.424 e. The second-order valence-corrected chi connectivity index (χ2v) is 4.35. The monoisotopic (exact) mass is 282 g/mol. The van der Waals surface area contributed by atoms with Gasteiger partial charge in [0.25, 0.3) is 0 Å². The summed E-state index contributed by atoms with van der Waals surface area (Å²) in [6, 6.07) is 7.90. The number of benzene rings is 1. The van der Waals surface area contributed by atoms with E-state index in [9.17, 15) is 0 Å². The van der Waals surface area contributed by atoms with Gasteiger partial charge in [-0.05, 0) is 24.1 Å². The summed E-state index contributed by atoms with van der Waals surface area (Å²) in [5.41, 5.74) is 6.87. The molecule has 7 nitrogen and oxygen atoms in total. The SMILES string of the molecule is CCc1cccc(Oc2nc(N)nc(-n3ccnc3)n2)c1. The molecule has 0 bridgehead atoms. The van der Waals surface area contributed by atoms with E-state index in [1.54, 1.807) is 23.3 Å². The molecule has 21 heavy (non-hydrogen) atoms. The van der Waals surface area contributed by atoms with Crippen LogP contribution in [0.1, 0.15) is 12.5 Å². The number of hydrogen-bond acceptors (Lipinski definition) is 6. The molecule has 0 fully saturated rings. The summed E-state index contributed by atoms with van der Waals surface area (Å²) in [5.74, 6) is 1.12. The number of rotatable bonds is 4. The Hall–Kier alpha value is -2.96. The van der Waals surface area contributed by atoms with E-state index < -0.39 is 0 Å². The lowest BCUT2D eigenvalue weighted by molar-refractivity contribution is 0.439. The molecule has 0 saturated heterocycles. The van der Waals surface area contributed by atoms with Crippen LogP contribution in [0.25, 0.3) is 5.95 Å². The van der Waals surface area contributed by atoms with Crippen molar-refractivity contribution in [1.29, 1.82) is 0 Å². The van der Waals surface area contributed by atoms with E-state index in [0.29, 0.717) is 11.7 Å². The van der Waals surface area contributed by atoms with Crippen LogP contribution in [0.5, 0.6) is 11.8 Å². The maximum atomic E-state index is 5.70. The molecular weight excluding hydrogens is 268 g/mol. The normalized spacial score (nSPS) is 10.5. The van der Waals surface area contributed by atoms with E-state index in [0.717, 1.165) is 6.42 Å². The van der Waals surface area contributed by atoms with Crippen LogP contribution >= 0.6 is 0 Å². The second-order valence-electron chi connectivity index (χ2n) is 4.35. The average molecular weight is 282 g/mol. The molecule has 0 unspecified atom stereocenters. The van der Waals surface area contributed by atoms with Crippen molar-refractivity contribution >= 4 is 5.95 Å². The fourth-order valence-electron chi connectivity index (χ4n) is 1.83. The Labute approximate surface area is 121 Å². The van der Waals surface area contributed by atoms with E-state index in [-0.39, 0.29) is 12.0 Å². The first kappa shape index (κ1) is 13.0. The molecule has 0 atom stereocenters. The number of nitrogens with zero attached hydrogens (tertiary/aromatic N) is 5. The highest BCUT2D eigenvalue weighted by Gasteiger charge is 2.08. The third kappa shape index (κ3) is 2.97. The van der Waals surface area contributed by atoms with Gasteiger partial charge < -0.3 is 10.5 Å². The van der Waals surface area contributed by atoms with Gasteiger partial charge in [-0.3, -0.25) is 4.57 Å². The van der Waals surface area contributed by atoms with Crippen LogP contribution < -0.4 is 10.5 Å². The maximum absolute atomic E-state index is 5.70. The fraction of sp³-hybridized carbons (Fsp3) is 0.143. The molecule has 3 aromatic rings. The number of aryl methyl sites for hydroxylation is 1. The van der Waals surface area contributed by atoms with Crippen LogP contribution in [-0.2, 0) is 6.42 Å². The third-order valence-corrected chi connectivity index (χ3v) is 2.87. The van der Waals surface area contributed by atoms with Gasteiger partial charge in [0.05, 0.1) is 0 Å². The summed E-state index contributed by atoms with van der Waals surface area (Å²) in [6.07, 6.45) is 5.86. The smallest absolute Gasteiger partial charge is 0.328 e. The van der Waals surface area contributed by atoms with E-state index in [4.69, 9.17) is 10.5 Å². The molecule has 1 aromatic carbocycles. The fourth-order valence-corrected chi connectivity index (χ4v) is 1.83. The Morgan fingerprint density at radius 3 is 2.90 bits per heavy atom. The highest BCUT2D eigenvalue weighted by molar-refractivity contribution is 5.32. The van der Waals surface area contributed by atoms with Gasteiger partial charge in [-0.15, -0.1) is 0 Å². The van der Waals surface area contributed by atoms with E-state index >= 15 is 0 Å². The molecule has 106 valence electrons. The van der Waals surface area contributed by atoms with Crippen molar-refractivity contribution in [3.63, 3.8) is 0 Å². The van der Waals surface area contributed by atoms with Gasteiger partial charge in [0.15, 0.2) is 0 Å². The number of ether oxygens (including phenoxy) is 1. The molecule has 0 radical (unpaired) electrons. The number of imidazole rings is 1. The minimum Gasteiger partial charge on any atom is -0.424 e. The van der Waals surface area contributed by atoms with Crippen LogP contribution in [0.2, 0.25) is 0 Å². The first-order chi connectivity index (χ1) is 10.2. The highest BCUT2D eigenvalue weighted by Crippen LogP contribution is 2.20. The molecule has 0 saturated carbocycles. The minimum atomic E-state index is 0.0929. The molecule has 2 N–H and O–H groups in total. The van der Waals surface area contributed by atoms with E-state index in [2.05, 4.69) is 26.9 Å². The Morgan fingerprint density at radius 2 is 2.14 bits per heavy atom. The highest BCUT2D eigenvalue weighted by atomic mass is 16.5. The average Bonchev–Trinajstić information content (AvgIpc) is 3.01. The van der Waals surface area contributed by atoms with Crippen molar-refractivity contribution in [1.82, 2.24) is 24.5 Å². The molecule has 0 spiro atoms. The van der Waals surface area contributed by atoms with Gasteiger partial charge in [0.2, 0.25) is 11.9 Å². The summed E-state index contributed by atoms with van der Waals surface area (Å²) >= 11 is 0. The zero-order valence-corrected chi connectivity index (χ0v) is 11.5. The number of aromatic nitrogens is 5. The molecule has 2 heterocycles. The summed E-state index contributed by atoms with van der Waals surface area (Å²) in [6.45, 7) is 2.08. The van der Waals surface area contributed by atoms with Gasteiger partial charge in [-0.2, -0.15) is 15.0 Å². The predicted molar refractivity (Wildman–Crippen MR) is 77.3 cm³/mol. The third-order valence-electron chi connectivity index (χ3n) is 2.87. The number of nitrogens with two attached hydrogens (primary N) is 1. The summed E-state index contributed by atoms with van der Waals surface area (Å²) in [7, 11) is 0. The quantitative estimate of drug-likeness (QED) is 0.786. The lowest BCUT2D eigenvalue weighted by Gasteiger charge is -2.07. The van der Waals surface area contributed by atoms with Crippen molar-refractivity contribution < 1.29 is 4.74 Å². The number of hydrogen-bond donors (Lipinski definition) is 1. The lowest BCUT2D eigenvalue weighted by Crippen LogP contribution is -2.06.